The molecule has 2 heterocycles. The first-order valence-corrected chi connectivity index (χ1v) is 10.8. The number of rotatable bonds is 6. The average molecular weight is 471 g/mol. The van der Waals surface area contributed by atoms with E-state index < -0.39 is 0 Å². The maximum Gasteiger partial charge on any atom is 0.177 e. The Bertz CT molecular complexity index is 1220. The summed E-state index contributed by atoms with van der Waals surface area (Å²) in [6.45, 7) is 3.37. The largest absolute Gasteiger partial charge is 0.316 e. The third-order valence-electron chi connectivity index (χ3n) is 4.69. The minimum absolute atomic E-state index is 0.418. The van der Waals surface area contributed by atoms with Crippen LogP contribution in [0.5, 0.6) is 0 Å². The number of benzene rings is 2. The number of aromatic nitrogens is 4. The maximum absolute atomic E-state index is 6.08. The van der Waals surface area contributed by atoms with Crippen molar-refractivity contribution in [1.82, 2.24) is 19.6 Å². The van der Waals surface area contributed by atoms with E-state index in [-0.39, 0.29) is 0 Å². The fourth-order valence-corrected chi connectivity index (χ4v) is 3.61. The third kappa shape index (κ3) is 5.64. The molecule has 0 unspecified atom stereocenters. The number of halogens is 2. The molecule has 4 aromatic rings. The summed E-state index contributed by atoms with van der Waals surface area (Å²) in [4.78, 5) is 0. The molecule has 0 spiro atoms. The zero-order chi connectivity index (χ0) is 21.8. The van der Waals surface area contributed by atoms with Crippen LogP contribution in [-0.4, -0.2) is 24.7 Å². The van der Waals surface area contributed by atoms with Gasteiger partial charge in [0, 0.05) is 24.5 Å². The highest BCUT2D eigenvalue weighted by Crippen LogP contribution is 2.23. The lowest BCUT2D eigenvalue weighted by Gasteiger charge is -2.07. The van der Waals surface area contributed by atoms with Gasteiger partial charge in [-0.2, -0.15) is 10.2 Å². The third-order valence-corrected chi connectivity index (χ3v) is 5.63. The summed E-state index contributed by atoms with van der Waals surface area (Å²) in [5.74, 6) is 1.30. The number of hydrogen-bond donors (Lipinski definition) is 2. The van der Waals surface area contributed by atoms with Crippen LogP contribution in [0.1, 0.15) is 16.7 Å². The van der Waals surface area contributed by atoms with Gasteiger partial charge in [0.05, 0.1) is 23.1 Å². The molecule has 6 nitrogen and oxygen atoms in total. The van der Waals surface area contributed by atoms with Gasteiger partial charge >= 0.3 is 0 Å². The Morgan fingerprint density at radius 3 is 2.16 bits per heavy atom. The summed E-state index contributed by atoms with van der Waals surface area (Å²) in [6.07, 6.45) is 3.79. The molecule has 0 aliphatic carbocycles. The first kappa shape index (κ1) is 21.4. The van der Waals surface area contributed by atoms with E-state index in [1.165, 1.54) is 11.1 Å². The van der Waals surface area contributed by atoms with Crippen LogP contribution in [0.3, 0.4) is 0 Å². The fraction of sp³-hybridized carbons (Fsp3) is 0.136. The lowest BCUT2D eigenvalue weighted by molar-refractivity contribution is 0.687. The number of hydrogen-bond acceptors (Lipinski definition) is 3. The van der Waals surface area contributed by atoms with E-state index in [4.69, 9.17) is 35.4 Å². The molecule has 0 fully saturated rings. The van der Waals surface area contributed by atoms with Crippen molar-refractivity contribution in [3.8, 4) is 0 Å². The van der Waals surface area contributed by atoms with E-state index >= 15 is 0 Å². The Balaban J connectivity index is 1.33. The molecule has 31 heavy (non-hydrogen) atoms. The zero-order valence-electron chi connectivity index (χ0n) is 16.7. The van der Waals surface area contributed by atoms with Crippen LogP contribution >= 0.6 is 35.4 Å². The predicted octanol–water partition coefficient (Wildman–Crippen LogP) is 5.60. The minimum atomic E-state index is 0.418. The van der Waals surface area contributed by atoms with Gasteiger partial charge in [-0.05, 0) is 48.0 Å². The molecule has 2 aromatic heterocycles. The van der Waals surface area contributed by atoms with Crippen molar-refractivity contribution in [1.29, 1.82) is 0 Å². The highest BCUT2D eigenvalue weighted by molar-refractivity contribution is 7.80. The smallest absolute Gasteiger partial charge is 0.177 e. The lowest BCUT2D eigenvalue weighted by Crippen LogP contribution is -2.20. The maximum atomic E-state index is 6.08. The van der Waals surface area contributed by atoms with Crippen LogP contribution in [0.15, 0.2) is 67.0 Å². The molecule has 0 saturated heterocycles. The van der Waals surface area contributed by atoms with Gasteiger partial charge < -0.3 is 10.6 Å². The Labute approximate surface area is 195 Å². The number of nitrogens with zero attached hydrogens (tertiary/aromatic N) is 4. The summed E-state index contributed by atoms with van der Waals surface area (Å²) in [7, 11) is 0. The van der Waals surface area contributed by atoms with Crippen LogP contribution < -0.4 is 10.6 Å². The van der Waals surface area contributed by atoms with Crippen molar-refractivity contribution in [2.75, 3.05) is 10.6 Å². The van der Waals surface area contributed by atoms with Crippen molar-refractivity contribution < 1.29 is 0 Å². The number of aryl methyl sites for hydroxylation is 1. The molecular weight excluding hydrogens is 451 g/mol. The Morgan fingerprint density at radius 1 is 0.871 bits per heavy atom. The fourth-order valence-electron chi connectivity index (χ4n) is 3.08. The van der Waals surface area contributed by atoms with Crippen LogP contribution in [0.25, 0.3) is 0 Å². The van der Waals surface area contributed by atoms with E-state index in [9.17, 15) is 0 Å². The van der Waals surface area contributed by atoms with Crippen LogP contribution in [0.2, 0.25) is 10.0 Å². The van der Waals surface area contributed by atoms with Crippen molar-refractivity contribution in [2.45, 2.75) is 20.0 Å². The van der Waals surface area contributed by atoms with Crippen molar-refractivity contribution in [3.63, 3.8) is 0 Å². The minimum Gasteiger partial charge on any atom is -0.316 e. The van der Waals surface area contributed by atoms with Crippen LogP contribution in [0.4, 0.5) is 11.6 Å². The van der Waals surface area contributed by atoms with Gasteiger partial charge in [-0.15, -0.1) is 0 Å². The topological polar surface area (TPSA) is 59.7 Å². The number of anilines is 2. The number of thiocarbonyl (C=S) groups is 1. The first-order valence-electron chi connectivity index (χ1n) is 9.59. The Hall–Kier alpha value is -2.87. The van der Waals surface area contributed by atoms with Gasteiger partial charge in [0.25, 0.3) is 0 Å². The SMILES string of the molecule is Cc1ccccc1Cn1ccc(NC(=S)Nc2ccn(Cc3ccc(Cl)c(Cl)c3)n2)n1. The molecule has 2 N–H and O–H groups in total. The predicted molar refractivity (Wildman–Crippen MR) is 130 cm³/mol. The van der Waals surface area contributed by atoms with E-state index in [0.717, 1.165) is 5.56 Å². The molecular formula is C22H20Cl2N6S. The van der Waals surface area contributed by atoms with Gasteiger partial charge in [-0.1, -0.05) is 53.5 Å². The Morgan fingerprint density at radius 2 is 1.52 bits per heavy atom. The molecule has 4 rings (SSSR count). The second-order valence-corrected chi connectivity index (χ2v) is 8.27. The molecule has 0 radical (unpaired) electrons. The monoisotopic (exact) mass is 470 g/mol. The Kier molecular flexibility index (Phi) is 6.56. The summed E-state index contributed by atoms with van der Waals surface area (Å²) >= 11 is 17.4. The van der Waals surface area contributed by atoms with E-state index in [1.54, 1.807) is 10.7 Å². The molecule has 0 aliphatic heterocycles. The average Bonchev–Trinajstić information content (AvgIpc) is 3.36. The molecule has 0 aliphatic rings. The summed E-state index contributed by atoms with van der Waals surface area (Å²) in [5, 5.41) is 16.7. The standard InChI is InChI=1S/C22H20Cl2N6S/c1-15-4-2-3-5-17(15)14-30-11-9-21(28-30)26-22(31)25-20-8-10-29(27-20)13-16-6-7-18(23)19(24)12-16/h2-12H,13-14H2,1H3,(H2,25,26,27,28,31). The van der Waals surface area contributed by atoms with Gasteiger partial charge in [-0.25, -0.2) is 0 Å². The van der Waals surface area contributed by atoms with Gasteiger partial charge in [0.1, 0.15) is 0 Å². The highest BCUT2D eigenvalue weighted by atomic mass is 35.5. The first-order chi connectivity index (χ1) is 15.0. The lowest BCUT2D eigenvalue weighted by atomic mass is 10.1. The van der Waals surface area contributed by atoms with Crippen molar-refractivity contribution >= 4 is 52.2 Å². The quantitative estimate of drug-likeness (QED) is 0.359. The normalized spacial score (nSPS) is 10.8. The highest BCUT2D eigenvalue weighted by Gasteiger charge is 2.07. The second-order valence-electron chi connectivity index (χ2n) is 7.05. The summed E-state index contributed by atoms with van der Waals surface area (Å²) in [6, 6.07) is 17.5. The van der Waals surface area contributed by atoms with Crippen LogP contribution in [0, 0.1) is 6.92 Å². The van der Waals surface area contributed by atoms with Crippen LogP contribution in [-0.2, 0) is 13.1 Å². The molecule has 0 saturated carbocycles. The molecule has 0 bridgehead atoms. The van der Waals surface area contributed by atoms with E-state index in [1.807, 2.05) is 53.5 Å². The molecule has 158 valence electrons. The van der Waals surface area contributed by atoms with Crippen molar-refractivity contribution in [3.05, 3.63) is 93.7 Å². The molecule has 9 heteroatoms. The summed E-state index contributed by atoms with van der Waals surface area (Å²) in [5.41, 5.74) is 3.47. The summed E-state index contributed by atoms with van der Waals surface area (Å²) < 4.78 is 3.67. The van der Waals surface area contributed by atoms with Crippen molar-refractivity contribution in [2.24, 2.45) is 0 Å². The molecule has 0 amide bonds. The van der Waals surface area contributed by atoms with Gasteiger partial charge in [0.2, 0.25) is 0 Å². The molecule has 0 atom stereocenters. The molecule has 2 aromatic carbocycles. The van der Waals surface area contributed by atoms with Gasteiger partial charge in [-0.3, -0.25) is 9.36 Å². The number of nitrogens with one attached hydrogen (secondary N) is 2. The van der Waals surface area contributed by atoms with Gasteiger partial charge in [0.15, 0.2) is 16.7 Å². The van der Waals surface area contributed by atoms with E-state index in [0.29, 0.717) is 39.9 Å². The van der Waals surface area contributed by atoms with E-state index in [2.05, 4.69) is 39.9 Å². The zero-order valence-corrected chi connectivity index (χ0v) is 19.0. The second kappa shape index (κ2) is 9.51.